The van der Waals surface area contributed by atoms with Crippen molar-refractivity contribution in [1.29, 1.82) is 0 Å². The summed E-state index contributed by atoms with van der Waals surface area (Å²) in [6.45, 7) is 5.43. The molecule has 0 saturated heterocycles. The number of ether oxygens (including phenoxy) is 1. The Kier molecular flexibility index (Phi) is 5.35. The molecule has 0 spiro atoms. The summed E-state index contributed by atoms with van der Waals surface area (Å²) >= 11 is 0. The Labute approximate surface area is 156 Å². The largest absolute Gasteiger partial charge is 0.465 e. The van der Waals surface area contributed by atoms with E-state index in [0.717, 1.165) is 5.69 Å². The monoisotopic (exact) mass is 364 g/mol. The molecule has 3 aromatic rings. The van der Waals surface area contributed by atoms with E-state index in [2.05, 4.69) is 10.3 Å². The summed E-state index contributed by atoms with van der Waals surface area (Å²) in [6.07, 6.45) is 4.29. The Morgan fingerprint density at radius 1 is 1.22 bits per heavy atom. The van der Waals surface area contributed by atoms with Gasteiger partial charge in [0.25, 0.3) is 0 Å². The second-order valence-corrected chi connectivity index (χ2v) is 6.34. The highest BCUT2D eigenvalue weighted by Crippen LogP contribution is 2.25. The number of esters is 1. The molecule has 0 aliphatic heterocycles. The predicted molar refractivity (Wildman–Crippen MR) is 103 cm³/mol. The summed E-state index contributed by atoms with van der Waals surface area (Å²) in [6, 6.07) is 10.4. The third-order valence-corrected chi connectivity index (χ3v) is 3.72. The van der Waals surface area contributed by atoms with Crippen molar-refractivity contribution in [1.82, 2.24) is 4.98 Å². The minimum Gasteiger partial charge on any atom is -0.465 e. The van der Waals surface area contributed by atoms with E-state index in [1.807, 2.05) is 6.92 Å². The van der Waals surface area contributed by atoms with Gasteiger partial charge in [0, 0.05) is 17.2 Å². The zero-order valence-corrected chi connectivity index (χ0v) is 15.4. The fraction of sp³-hybridized carbons (Fsp3) is 0.190. The lowest BCUT2D eigenvalue weighted by molar-refractivity contribution is -0.111. The van der Waals surface area contributed by atoms with Crippen LogP contribution in [0.3, 0.4) is 0 Å². The van der Waals surface area contributed by atoms with Crippen LogP contribution in [0.15, 0.2) is 53.2 Å². The molecule has 0 radical (unpaired) electrons. The first-order chi connectivity index (χ1) is 12.9. The molecule has 0 bridgehead atoms. The molecule has 1 amide bonds. The number of hydrogen-bond donors (Lipinski definition) is 1. The van der Waals surface area contributed by atoms with Crippen LogP contribution in [0.4, 0.5) is 5.69 Å². The van der Waals surface area contributed by atoms with Crippen molar-refractivity contribution >= 4 is 34.5 Å². The molecule has 0 saturated carbocycles. The molecule has 1 N–H and O–H groups in total. The van der Waals surface area contributed by atoms with Crippen LogP contribution in [-0.2, 0) is 9.53 Å². The number of pyridine rings is 1. The van der Waals surface area contributed by atoms with Gasteiger partial charge in [-0.05, 0) is 63.2 Å². The molecule has 2 heterocycles. The average Bonchev–Trinajstić information content (AvgIpc) is 3.12. The zero-order valence-electron chi connectivity index (χ0n) is 15.4. The number of carbonyl (C=O) groups is 2. The van der Waals surface area contributed by atoms with E-state index in [1.54, 1.807) is 56.3 Å². The van der Waals surface area contributed by atoms with Crippen molar-refractivity contribution in [2.24, 2.45) is 0 Å². The van der Waals surface area contributed by atoms with E-state index >= 15 is 0 Å². The van der Waals surface area contributed by atoms with Gasteiger partial charge < -0.3 is 14.5 Å². The van der Waals surface area contributed by atoms with Crippen LogP contribution in [0, 0.1) is 6.92 Å². The minimum absolute atomic E-state index is 0.213. The third-order valence-electron chi connectivity index (χ3n) is 3.72. The van der Waals surface area contributed by atoms with Gasteiger partial charge in [0.2, 0.25) is 5.91 Å². The highest BCUT2D eigenvalue weighted by molar-refractivity contribution is 6.08. The van der Waals surface area contributed by atoms with Crippen molar-refractivity contribution in [3.8, 4) is 0 Å². The molecule has 2 aromatic heterocycles. The third kappa shape index (κ3) is 4.61. The molecule has 138 valence electrons. The Morgan fingerprint density at radius 2 is 2.04 bits per heavy atom. The van der Waals surface area contributed by atoms with Crippen LogP contribution in [0.25, 0.3) is 17.0 Å². The number of nitrogens with one attached hydrogen (secondary N) is 1. The maximum absolute atomic E-state index is 12.3. The van der Waals surface area contributed by atoms with E-state index < -0.39 is 5.97 Å². The first kappa shape index (κ1) is 18.4. The van der Waals surface area contributed by atoms with Crippen molar-refractivity contribution in [2.75, 3.05) is 5.32 Å². The van der Waals surface area contributed by atoms with Crippen LogP contribution >= 0.6 is 0 Å². The first-order valence-corrected chi connectivity index (χ1v) is 8.57. The summed E-state index contributed by atoms with van der Waals surface area (Å²) in [4.78, 5) is 28.9. The summed E-state index contributed by atoms with van der Waals surface area (Å²) in [5, 5.41) is 3.50. The lowest BCUT2D eigenvalue weighted by Gasteiger charge is -2.11. The normalized spacial score (nSPS) is 11.3. The van der Waals surface area contributed by atoms with Gasteiger partial charge in [0.1, 0.15) is 5.76 Å². The Bertz CT molecular complexity index is 1000. The quantitative estimate of drug-likeness (QED) is 0.537. The fourth-order valence-electron chi connectivity index (χ4n) is 2.59. The Balaban J connectivity index is 1.91. The van der Waals surface area contributed by atoms with E-state index in [1.165, 1.54) is 12.3 Å². The minimum atomic E-state index is -0.414. The van der Waals surface area contributed by atoms with Gasteiger partial charge >= 0.3 is 5.97 Å². The second-order valence-electron chi connectivity index (χ2n) is 6.34. The molecule has 0 aliphatic carbocycles. The van der Waals surface area contributed by atoms with Crippen molar-refractivity contribution < 1.29 is 18.7 Å². The predicted octanol–water partition coefficient (Wildman–Crippen LogP) is 4.35. The van der Waals surface area contributed by atoms with Crippen LogP contribution < -0.4 is 5.32 Å². The summed E-state index contributed by atoms with van der Waals surface area (Å²) < 4.78 is 10.4. The lowest BCUT2D eigenvalue weighted by Crippen LogP contribution is -2.12. The van der Waals surface area contributed by atoms with Gasteiger partial charge in [-0.25, -0.2) is 4.79 Å². The van der Waals surface area contributed by atoms with Crippen LogP contribution in [-0.4, -0.2) is 23.0 Å². The van der Waals surface area contributed by atoms with Crippen LogP contribution in [0.2, 0.25) is 0 Å². The van der Waals surface area contributed by atoms with E-state index in [0.29, 0.717) is 27.9 Å². The Hall–Kier alpha value is -3.41. The molecule has 27 heavy (non-hydrogen) atoms. The smallest absolute Gasteiger partial charge is 0.338 e. The number of aromatic nitrogens is 1. The maximum Gasteiger partial charge on any atom is 0.338 e. The number of nitrogens with zero attached hydrogens (tertiary/aromatic N) is 1. The summed E-state index contributed by atoms with van der Waals surface area (Å²) in [5.74, 6) is -0.143. The number of benzene rings is 1. The van der Waals surface area contributed by atoms with Gasteiger partial charge in [-0.3, -0.25) is 9.78 Å². The first-order valence-electron chi connectivity index (χ1n) is 8.57. The van der Waals surface area contributed by atoms with Crippen LogP contribution in [0.1, 0.15) is 35.7 Å². The SMILES string of the molecule is Cc1cc(NC(=O)/C=C/c2ccco2)c2cc(C(=O)OC(C)C)ccc2n1. The summed E-state index contributed by atoms with van der Waals surface area (Å²) in [5.41, 5.74) is 2.42. The number of anilines is 1. The molecule has 6 heteroatoms. The van der Waals surface area contributed by atoms with Gasteiger partial charge in [-0.2, -0.15) is 0 Å². The molecular formula is C21H20N2O4. The Morgan fingerprint density at radius 3 is 2.74 bits per heavy atom. The number of aryl methyl sites for hydroxylation is 1. The number of carbonyl (C=O) groups excluding carboxylic acids is 2. The van der Waals surface area contributed by atoms with Crippen molar-refractivity contribution in [3.63, 3.8) is 0 Å². The molecule has 0 atom stereocenters. The number of fused-ring (bicyclic) bond motifs is 1. The van der Waals surface area contributed by atoms with Crippen LogP contribution in [0.5, 0.6) is 0 Å². The average molecular weight is 364 g/mol. The highest BCUT2D eigenvalue weighted by atomic mass is 16.5. The number of amides is 1. The standard InChI is InChI=1S/C21H20N2O4/c1-13(2)27-21(25)15-6-8-18-17(12-15)19(11-14(3)22-18)23-20(24)9-7-16-5-4-10-26-16/h4-13H,1-3H3,(H,22,23,24)/b9-7+. The summed E-state index contributed by atoms with van der Waals surface area (Å²) in [7, 11) is 0. The van der Waals surface area contributed by atoms with E-state index in [9.17, 15) is 9.59 Å². The van der Waals surface area contributed by atoms with Gasteiger partial charge in [0.05, 0.1) is 29.1 Å². The molecule has 0 unspecified atom stereocenters. The molecule has 6 nitrogen and oxygen atoms in total. The van der Waals surface area contributed by atoms with Gasteiger partial charge in [0.15, 0.2) is 0 Å². The number of rotatable bonds is 5. The second kappa shape index (κ2) is 7.86. The van der Waals surface area contributed by atoms with E-state index in [-0.39, 0.29) is 12.0 Å². The lowest BCUT2D eigenvalue weighted by atomic mass is 10.1. The zero-order chi connectivity index (χ0) is 19.4. The van der Waals surface area contributed by atoms with Gasteiger partial charge in [-0.15, -0.1) is 0 Å². The van der Waals surface area contributed by atoms with E-state index in [4.69, 9.17) is 9.15 Å². The van der Waals surface area contributed by atoms with Gasteiger partial charge in [-0.1, -0.05) is 0 Å². The molecule has 0 aliphatic rings. The molecule has 1 aromatic carbocycles. The van der Waals surface area contributed by atoms with Crippen molar-refractivity contribution in [2.45, 2.75) is 26.9 Å². The topological polar surface area (TPSA) is 81.4 Å². The fourth-order valence-corrected chi connectivity index (χ4v) is 2.59. The molecule has 3 rings (SSSR count). The highest BCUT2D eigenvalue weighted by Gasteiger charge is 2.13. The molecule has 0 fully saturated rings. The number of furan rings is 1. The maximum atomic E-state index is 12.3. The molecular weight excluding hydrogens is 344 g/mol. The number of hydrogen-bond acceptors (Lipinski definition) is 5. The van der Waals surface area contributed by atoms with Crippen molar-refractivity contribution in [3.05, 3.63) is 65.8 Å².